The first-order valence-corrected chi connectivity index (χ1v) is 6.98. The van der Waals surface area contributed by atoms with Gasteiger partial charge in [-0.05, 0) is 28.4 Å². The predicted molar refractivity (Wildman–Crippen MR) is 76.8 cm³/mol. The van der Waals surface area contributed by atoms with Crippen molar-refractivity contribution in [3.05, 3.63) is 22.6 Å². The van der Waals surface area contributed by atoms with Gasteiger partial charge in [0.25, 0.3) is 0 Å². The molecule has 2 aromatic heterocycles. The molecule has 3 nitrogen and oxygen atoms in total. The Labute approximate surface area is 114 Å². The molecule has 2 rings (SSSR count). The Morgan fingerprint density at radius 3 is 2.41 bits per heavy atom. The molecule has 0 unspecified atom stereocenters. The number of nitrogens with zero attached hydrogens (tertiary/aromatic N) is 3. The molecule has 0 aliphatic rings. The molecule has 0 saturated heterocycles. The Morgan fingerprint density at radius 1 is 1.29 bits per heavy atom. The van der Waals surface area contributed by atoms with E-state index in [1.807, 2.05) is 34.6 Å². The number of rotatable bonds is 1. The van der Waals surface area contributed by atoms with E-state index in [1.54, 1.807) is 12.4 Å². The van der Waals surface area contributed by atoms with Crippen LogP contribution in [0.2, 0.25) is 0 Å². The molecule has 0 bridgehead atoms. The van der Waals surface area contributed by atoms with Crippen LogP contribution in [0.1, 0.15) is 33.3 Å². The summed E-state index contributed by atoms with van der Waals surface area (Å²) in [7, 11) is 0. The second-order valence-corrected chi connectivity index (χ2v) is 3.92. The van der Waals surface area contributed by atoms with Gasteiger partial charge in [-0.25, -0.2) is 13.9 Å². The van der Waals surface area contributed by atoms with Crippen LogP contribution in [0.15, 0.2) is 17.0 Å². The molecular formula is C11H17BrFN3S. The third-order valence-corrected chi connectivity index (χ3v) is 2.50. The van der Waals surface area contributed by atoms with Crippen molar-refractivity contribution >= 4 is 39.4 Å². The smallest absolute Gasteiger partial charge is 0.171 e. The van der Waals surface area contributed by atoms with Gasteiger partial charge >= 0.3 is 0 Å². The lowest BCUT2D eigenvalue weighted by Crippen LogP contribution is -1.86. The average Bonchev–Trinajstić information content (AvgIpc) is 2.71. The van der Waals surface area contributed by atoms with Gasteiger partial charge in [-0.15, -0.1) is 3.89 Å². The summed E-state index contributed by atoms with van der Waals surface area (Å²) in [6, 6.07) is 0. The monoisotopic (exact) mass is 321 g/mol. The zero-order valence-corrected chi connectivity index (χ0v) is 13.1. The molecule has 0 radical (unpaired) electrons. The van der Waals surface area contributed by atoms with Gasteiger partial charge in [-0.3, -0.25) is 0 Å². The van der Waals surface area contributed by atoms with Gasteiger partial charge in [-0.1, -0.05) is 27.7 Å². The minimum atomic E-state index is 0.124. The van der Waals surface area contributed by atoms with E-state index in [1.165, 1.54) is 3.97 Å². The van der Waals surface area contributed by atoms with Crippen molar-refractivity contribution in [3.8, 4) is 0 Å². The van der Waals surface area contributed by atoms with Crippen molar-refractivity contribution < 1.29 is 3.89 Å². The van der Waals surface area contributed by atoms with Gasteiger partial charge in [0.1, 0.15) is 10.1 Å². The zero-order valence-electron chi connectivity index (χ0n) is 10.7. The molecule has 6 heteroatoms. The van der Waals surface area contributed by atoms with Crippen molar-refractivity contribution in [1.29, 1.82) is 0 Å². The summed E-state index contributed by atoms with van der Waals surface area (Å²) in [4.78, 5) is 8.26. The molecule has 2 heterocycles. The molecule has 0 fully saturated rings. The van der Waals surface area contributed by atoms with Crippen LogP contribution in [0.3, 0.4) is 0 Å². The maximum Gasteiger partial charge on any atom is 0.171 e. The summed E-state index contributed by atoms with van der Waals surface area (Å²) in [5.74, 6) is 0. The minimum absolute atomic E-state index is 0.124. The van der Waals surface area contributed by atoms with E-state index in [0.29, 0.717) is 10.3 Å². The first-order valence-electron chi connectivity index (χ1n) is 5.51. The minimum Gasteiger partial charge on any atom is -0.245 e. The molecule has 0 amide bonds. The molecule has 2 aromatic rings. The van der Waals surface area contributed by atoms with Crippen LogP contribution in [-0.2, 0) is 0 Å². The Bertz CT molecular complexity index is 459. The quantitative estimate of drug-likeness (QED) is 0.745. The lowest BCUT2D eigenvalue weighted by molar-refractivity contribution is 0.918. The highest BCUT2D eigenvalue weighted by Gasteiger charge is 2.08. The summed E-state index contributed by atoms with van der Waals surface area (Å²) in [6.07, 6.45) is 3.22. The van der Waals surface area contributed by atoms with Crippen LogP contribution in [0.5, 0.6) is 0 Å². The van der Waals surface area contributed by atoms with Gasteiger partial charge in [0.05, 0.1) is 6.20 Å². The number of aryl methyl sites for hydroxylation is 1. The van der Waals surface area contributed by atoms with E-state index in [-0.39, 0.29) is 12.3 Å². The fourth-order valence-corrected chi connectivity index (χ4v) is 1.81. The molecule has 0 atom stereocenters. The molecular weight excluding hydrogens is 305 g/mol. The summed E-state index contributed by atoms with van der Waals surface area (Å²) < 4.78 is 14.4. The predicted octanol–water partition coefficient (Wildman–Crippen LogP) is 4.94. The van der Waals surface area contributed by atoms with Crippen LogP contribution < -0.4 is 0 Å². The van der Waals surface area contributed by atoms with Gasteiger partial charge in [0.2, 0.25) is 0 Å². The second kappa shape index (κ2) is 8.47. The van der Waals surface area contributed by atoms with Crippen molar-refractivity contribution in [2.24, 2.45) is 0 Å². The highest BCUT2D eigenvalue weighted by molar-refractivity contribution is 9.10. The van der Waals surface area contributed by atoms with Crippen LogP contribution in [0.25, 0.3) is 11.2 Å². The molecule has 0 aliphatic heterocycles. The standard InChI is InChI=1S/C7H5BrFN3S.2C2H6/c1-4-3-12(13-9)7-6(4)11-5(8)2-10-7;2*1-2/h2-3H,1H3;2*1-2H3. The van der Waals surface area contributed by atoms with Gasteiger partial charge in [-0.2, -0.15) is 0 Å². The SMILES string of the molecule is CC.CC.Cc1cn(SF)c2ncc(Br)nc12. The fraction of sp³-hybridized carbons (Fsp3) is 0.455. The molecule has 0 aliphatic carbocycles. The maximum atomic E-state index is 12.4. The topological polar surface area (TPSA) is 30.7 Å². The lowest BCUT2D eigenvalue weighted by Gasteiger charge is -1.94. The Hall–Kier alpha value is -0.620. The molecule has 96 valence electrons. The summed E-state index contributed by atoms with van der Waals surface area (Å²) in [6.45, 7) is 9.87. The normalized spacial score (nSPS) is 9.12. The Kier molecular flexibility index (Phi) is 8.16. The molecule has 0 spiro atoms. The van der Waals surface area contributed by atoms with E-state index in [2.05, 4.69) is 25.9 Å². The molecule has 0 saturated carbocycles. The van der Waals surface area contributed by atoms with Crippen molar-refractivity contribution in [3.63, 3.8) is 0 Å². The number of fused-ring (bicyclic) bond motifs is 1. The van der Waals surface area contributed by atoms with Crippen LogP contribution in [0, 0.1) is 6.92 Å². The Morgan fingerprint density at radius 2 is 1.88 bits per heavy atom. The number of hydrogen-bond donors (Lipinski definition) is 0. The number of hydrogen-bond acceptors (Lipinski definition) is 3. The van der Waals surface area contributed by atoms with Crippen LogP contribution >= 0.6 is 28.3 Å². The Balaban J connectivity index is 0.000000581. The first kappa shape index (κ1) is 16.4. The van der Waals surface area contributed by atoms with Crippen LogP contribution in [-0.4, -0.2) is 13.9 Å². The third-order valence-electron chi connectivity index (χ3n) is 1.69. The second-order valence-electron chi connectivity index (χ2n) is 2.57. The van der Waals surface area contributed by atoms with E-state index in [9.17, 15) is 3.89 Å². The first-order chi connectivity index (χ1) is 8.22. The van der Waals surface area contributed by atoms with E-state index in [4.69, 9.17) is 0 Å². The van der Waals surface area contributed by atoms with E-state index < -0.39 is 0 Å². The van der Waals surface area contributed by atoms with Crippen molar-refractivity contribution in [2.75, 3.05) is 0 Å². The highest BCUT2D eigenvalue weighted by atomic mass is 79.9. The molecule has 0 aromatic carbocycles. The van der Waals surface area contributed by atoms with Gasteiger partial charge < -0.3 is 0 Å². The summed E-state index contributed by atoms with van der Waals surface area (Å²) in [5, 5.41) is 0. The maximum absolute atomic E-state index is 12.4. The molecule has 17 heavy (non-hydrogen) atoms. The number of halogens is 2. The largest absolute Gasteiger partial charge is 0.245 e. The highest BCUT2D eigenvalue weighted by Crippen LogP contribution is 2.23. The fourth-order valence-electron chi connectivity index (χ4n) is 1.14. The lowest BCUT2D eigenvalue weighted by atomic mass is 10.3. The summed E-state index contributed by atoms with van der Waals surface area (Å²) in [5.41, 5.74) is 2.18. The van der Waals surface area contributed by atoms with Gasteiger partial charge in [0.15, 0.2) is 18.0 Å². The van der Waals surface area contributed by atoms with Crippen LogP contribution in [0.4, 0.5) is 3.89 Å². The third kappa shape index (κ3) is 3.96. The average molecular weight is 322 g/mol. The zero-order chi connectivity index (χ0) is 13.4. The molecule has 0 N–H and O–H groups in total. The van der Waals surface area contributed by atoms with E-state index in [0.717, 1.165) is 11.1 Å². The summed E-state index contributed by atoms with van der Waals surface area (Å²) >= 11 is 3.34. The van der Waals surface area contributed by atoms with E-state index >= 15 is 0 Å². The number of aromatic nitrogens is 3. The van der Waals surface area contributed by atoms with Crippen molar-refractivity contribution in [1.82, 2.24) is 13.9 Å². The van der Waals surface area contributed by atoms with Gasteiger partial charge in [0, 0.05) is 6.20 Å². The van der Waals surface area contributed by atoms with Crippen molar-refractivity contribution in [2.45, 2.75) is 34.6 Å².